The van der Waals surface area contributed by atoms with Crippen molar-refractivity contribution < 1.29 is 4.79 Å². The molecule has 1 aromatic rings. The Bertz CT molecular complexity index is 380. The van der Waals surface area contributed by atoms with Gasteiger partial charge >= 0.3 is 0 Å². The second-order valence-corrected chi connectivity index (χ2v) is 5.22. The molecule has 0 spiro atoms. The Hall–Kier alpha value is -1.07. The van der Waals surface area contributed by atoms with Crippen molar-refractivity contribution in [2.75, 3.05) is 5.75 Å². The lowest BCUT2D eigenvalue weighted by molar-refractivity contribution is -0.119. The molecule has 1 aromatic heterocycles. The molecule has 0 aromatic carbocycles. The minimum absolute atomic E-state index is 0.0122. The molecular formula is C12H19N3OS. The van der Waals surface area contributed by atoms with Gasteiger partial charge < -0.3 is 11.1 Å². The number of nitrogens with one attached hydrogen (secondary N) is 1. The summed E-state index contributed by atoms with van der Waals surface area (Å²) in [6, 6.07) is 3.98. The standard InChI is InChI=1S/C12H19N3OS/c1-8(2)15-11(16)7-17-12-6-10(9(3)13)4-5-14-12/h4-6,8-9H,7,13H2,1-3H3,(H,15,16)/t9-/m1/s1. The van der Waals surface area contributed by atoms with Crippen molar-refractivity contribution in [3.63, 3.8) is 0 Å². The monoisotopic (exact) mass is 253 g/mol. The first-order valence-electron chi connectivity index (χ1n) is 5.62. The van der Waals surface area contributed by atoms with Crippen LogP contribution in [0.1, 0.15) is 32.4 Å². The van der Waals surface area contributed by atoms with E-state index in [0.717, 1.165) is 10.6 Å². The van der Waals surface area contributed by atoms with Crippen LogP contribution in [-0.2, 0) is 4.79 Å². The van der Waals surface area contributed by atoms with Gasteiger partial charge in [-0.25, -0.2) is 4.98 Å². The van der Waals surface area contributed by atoms with Crippen molar-refractivity contribution in [2.45, 2.75) is 37.9 Å². The molecule has 0 fully saturated rings. The number of hydrogen-bond donors (Lipinski definition) is 2. The van der Waals surface area contributed by atoms with Crippen molar-refractivity contribution in [1.29, 1.82) is 0 Å². The molecule has 0 radical (unpaired) electrons. The molecule has 0 bridgehead atoms. The Morgan fingerprint density at radius 3 is 2.82 bits per heavy atom. The Balaban J connectivity index is 2.52. The van der Waals surface area contributed by atoms with Crippen LogP contribution in [0.15, 0.2) is 23.4 Å². The van der Waals surface area contributed by atoms with E-state index in [0.29, 0.717) is 5.75 Å². The molecule has 1 amide bonds. The molecule has 0 aliphatic heterocycles. The van der Waals surface area contributed by atoms with E-state index >= 15 is 0 Å². The van der Waals surface area contributed by atoms with Gasteiger partial charge in [-0.3, -0.25) is 4.79 Å². The van der Waals surface area contributed by atoms with E-state index in [2.05, 4.69) is 10.3 Å². The zero-order valence-corrected chi connectivity index (χ0v) is 11.3. The normalized spacial score (nSPS) is 12.5. The van der Waals surface area contributed by atoms with Gasteiger partial charge in [0.15, 0.2) is 0 Å². The van der Waals surface area contributed by atoms with E-state index in [1.165, 1.54) is 11.8 Å². The first-order chi connectivity index (χ1) is 7.99. The summed E-state index contributed by atoms with van der Waals surface area (Å²) in [5, 5.41) is 3.67. The molecule has 1 heterocycles. The van der Waals surface area contributed by atoms with Gasteiger partial charge in [0.05, 0.1) is 10.8 Å². The van der Waals surface area contributed by atoms with Crippen molar-refractivity contribution in [3.05, 3.63) is 23.9 Å². The zero-order valence-electron chi connectivity index (χ0n) is 10.4. The molecule has 3 N–H and O–H groups in total. The lowest BCUT2D eigenvalue weighted by Crippen LogP contribution is -2.31. The molecule has 94 valence electrons. The van der Waals surface area contributed by atoms with Crippen LogP contribution < -0.4 is 11.1 Å². The summed E-state index contributed by atoms with van der Waals surface area (Å²) < 4.78 is 0. The van der Waals surface area contributed by atoms with Crippen LogP contribution >= 0.6 is 11.8 Å². The van der Waals surface area contributed by atoms with Crippen molar-refractivity contribution >= 4 is 17.7 Å². The number of thioether (sulfide) groups is 1. The van der Waals surface area contributed by atoms with Gasteiger partial charge in [-0.05, 0) is 38.5 Å². The van der Waals surface area contributed by atoms with Gasteiger partial charge in [-0.15, -0.1) is 0 Å². The fraction of sp³-hybridized carbons (Fsp3) is 0.500. The predicted octanol–water partition coefficient (Wildman–Crippen LogP) is 1.72. The van der Waals surface area contributed by atoms with E-state index in [1.807, 2.05) is 32.9 Å². The number of amides is 1. The SMILES string of the molecule is CC(C)NC(=O)CSc1cc([C@@H](C)N)ccn1. The molecule has 0 aliphatic carbocycles. The van der Waals surface area contributed by atoms with E-state index in [4.69, 9.17) is 5.73 Å². The molecule has 1 rings (SSSR count). The highest BCUT2D eigenvalue weighted by molar-refractivity contribution is 7.99. The Labute approximate surface area is 106 Å². The minimum Gasteiger partial charge on any atom is -0.353 e. The van der Waals surface area contributed by atoms with Gasteiger partial charge in [0.25, 0.3) is 0 Å². The Kier molecular flexibility index (Phi) is 5.44. The second-order valence-electron chi connectivity index (χ2n) is 4.23. The first kappa shape index (κ1) is 14.0. The van der Waals surface area contributed by atoms with Crippen LogP contribution in [0.5, 0.6) is 0 Å². The number of rotatable bonds is 5. The average molecular weight is 253 g/mol. The highest BCUT2D eigenvalue weighted by atomic mass is 32.2. The number of hydrogen-bond acceptors (Lipinski definition) is 4. The second kappa shape index (κ2) is 6.61. The first-order valence-corrected chi connectivity index (χ1v) is 6.61. The highest BCUT2D eigenvalue weighted by Gasteiger charge is 2.06. The fourth-order valence-electron chi connectivity index (χ4n) is 1.29. The summed E-state index contributed by atoms with van der Waals surface area (Å²) >= 11 is 1.42. The topological polar surface area (TPSA) is 68.0 Å². The van der Waals surface area contributed by atoms with Crippen molar-refractivity contribution in [1.82, 2.24) is 10.3 Å². The lowest BCUT2D eigenvalue weighted by atomic mass is 10.1. The maximum absolute atomic E-state index is 11.5. The summed E-state index contributed by atoms with van der Waals surface area (Å²) in [4.78, 5) is 15.7. The van der Waals surface area contributed by atoms with Gasteiger partial charge in [0.2, 0.25) is 5.91 Å². The number of nitrogens with zero attached hydrogens (tertiary/aromatic N) is 1. The third-order valence-electron chi connectivity index (χ3n) is 2.09. The van der Waals surface area contributed by atoms with Crippen molar-refractivity contribution in [3.8, 4) is 0 Å². The van der Waals surface area contributed by atoms with Crippen LogP contribution in [0.25, 0.3) is 0 Å². The van der Waals surface area contributed by atoms with Gasteiger partial charge in [0, 0.05) is 18.3 Å². The maximum atomic E-state index is 11.5. The fourth-order valence-corrected chi connectivity index (χ4v) is 2.01. The number of carbonyl (C=O) groups excluding carboxylic acids is 1. The molecule has 4 nitrogen and oxygen atoms in total. The largest absolute Gasteiger partial charge is 0.353 e. The molecule has 0 saturated carbocycles. The summed E-state index contributed by atoms with van der Waals surface area (Å²) in [7, 11) is 0. The average Bonchev–Trinajstić information content (AvgIpc) is 2.26. The number of aromatic nitrogens is 1. The van der Waals surface area contributed by atoms with Crippen LogP contribution in [-0.4, -0.2) is 22.7 Å². The van der Waals surface area contributed by atoms with Crippen molar-refractivity contribution in [2.24, 2.45) is 5.73 Å². The molecule has 1 atom stereocenters. The minimum atomic E-state index is -0.0122. The molecule has 0 saturated heterocycles. The summed E-state index contributed by atoms with van der Waals surface area (Å²) in [5.74, 6) is 0.408. The van der Waals surface area contributed by atoms with Crippen LogP contribution in [0.4, 0.5) is 0 Å². The van der Waals surface area contributed by atoms with Gasteiger partial charge in [0.1, 0.15) is 0 Å². The molecule has 0 unspecified atom stereocenters. The highest BCUT2D eigenvalue weighted by Crippen LogP contribution is 2.18. The summed E-state index contributed by atoms with van der Waals surface area (Å²) in [5.41, 5.74) is 6.82. The molecule has 17 heavy (non-hydrogen) atoms. The smallest absolute Gasteiger partial charge is 0.230 e. The molecule has 5 heteroatoms. The number of nitrogens with two attached hydrogens (primary N) is 1. The van der Waals surface area contributed by atoms with Gasteiger partial charge in [-0.2, -0.15) is 0 Å². The predicted molar refractivity (Wildman–Crippen MR) is 70.8 cm³/mol. The summed E-state index contributed by atoms with van der Waals surface area (Å²) in [6.45, 7) is 5.81. The quantitative estimate of drug-likeness (QED) is 0.784. The van der Waals surface area contributed by atoms with E-state index < -0.39 is 0 Å². The summed E-state index contributed by atoms with van der Waals surface area (Å²) in [6.07, 6.45) is 1.72. The van der Waals surface area contributed by atoms with Crippen LogP contribution in [0, 0.1) is 0 Å². The van der Waals surface area contributed by atoms with Crippen LogP contribution in [0.2, 0.25) is 0 Å². The third-order valence-corrected chi connectivity index (χ3v) is 3.01. The zero-order chi connectivity index (χ0) is 12.8. The number of pyridine rings is 1. The van der Waals surface area contributed by atoms with E-state index in [-0.39, 0.29) is 18.0 Å². The maximum Gasteiger partial charge on any atom is 0.230 e. The Morgan fingerprint density at radius 2 is 2.24 bits per heavy atom. The Morgan fingerprint density at radius 1 is 1.53 bits per heavy atom. The van der Waals surface area contributed by atoms with E-state index in [1.54, 1.807) is 6.20 Å². The lowest BCUT2D eigenvalue weighted by Gasteiger charge is -2.09. The number of carbonyl (C=O) groups is 1. The molecule has 0 aliphatic rings. The van der Waals surface area contributed by atoms with E-state index in [9.17, 15) is 4.79 Å². The van der Waals surface area contributed by atoms with Crippen LogP contribution in [0.3, 0.4) is 0 Å². The third kappa shape index (κ3) is 5.19. The van der Waals surface area contributed by atoms with Gasteiger partial charge in [-0.1, -0.05) is 11.8 Å². The molecular weight excluding hydrogens is 234 g/mol.